The van der Waals surface area contributed by atoms with Crippen LogP contribution in [-0.4, -0.2) is 24.3 Å². The van der Waals surface area contributed by atoms with E-state index in [-0.39, 0.29) is 18.1 Å². The highest BCUT2D eigenvalue weighted by molar-refractivity contribution is 5.88. The average Bonchev–Trinajstić information content (AvgIpc) is 2.50. The fraction of sp³-hybridized carbons (Fsp3) is 0.438. The number of rotatable bonds is 8. The highest BCUT2D eigenvalue weighted by atomic mass is 16.5. The number of nitrogens with zero attached hydrogens (tertiary/aromatic N) is 2. The third-order valence-corrected chi connectivity index (χ3v) is 2.64. The molecule has 0 heterocycles. The zero-order valence-electron chi connectivity index (χ0n) is 13.2. The van der Waals surface area contributed by atoms with Crippen molar-refractivity contribution < 1.29 is 19.4 Å². The predicted molar refractivity (Wildman–Crippen MR) is 83.3 cm³/mol. The van der Waals surface area contributed by atoms with Crippen molar-refractivity contribution in [2.45, 2.75) is 33.6 Å². The number of allylic oxidation sites excluding steroid dienone is 1. The van der Waals surface area contributed by atoms with Crippen molar-refractivity contribution in [1.82, 2.24) is 0 Å². The minimum atomic E-state index is -0.678. The number of ether oxygens (including phenoxy) is 2. The maximum absolute atomic E-state index is 11.8. The fourth-order valence-electron chi connectivity index (χ4n) is 1.65. The molecule has 120 valence electrons. The van der Waals surface area contributed by atoms with Crippen LogP contribution in [0, 0.1) is 0 Å². The Hall–Kier alpha value is -2.37. The number of hydrogen-bond acceptors (Lipinski definition) is 6. The molecule has 6 heteroatoms. The molecule has 22 heavy (non-hydrogen) atoms. The van der Waals surface area contributed by atoms with E-state index in [0.717, 1.165) is 5.75 Å². The molecule has 0 aromatic heterocycles. The Balaban J connectivity index is 2.92. The molecule has 0 fully saturated rings. The average molecular weight is 306 g/mol. The third kappa shape index (κ3) is 5.55. The lowest BCUT2D eigenvalue weighted by molar-refractivity contribution is -0.138. The van der Waals surface area contributed by atoms with Gasteiger partial charge in [0.15, 0.2) is 0 Å². The van der Waals surface area contributed by atoms with Gasteiger partial charge in [0.1, 0.15) is 11.5 Å². The van der Waals surface area contributed by atoms with E-state index in [2.05, 4.69) is 10.2 Å². The summed E-state index contributed by atoms with van der Waals surface area (Å²) in [6, 6.07) is 6.96. The fourth-order valence-corrected chi connectivity index (χ4v) is 1.65. The number of carbonyl (C=O) groups is 1. The minimum absolute atomic E-state index is 0.115. The Kier molecular flexibility index (Phi) is 7.67. The van der Waals surface area contributed by atoms with Crippen molar-refractivity contribution in [3.63, 3.8) is 0 Å². The SMILES string of the molecule is CCC/C(O)=C(/N=Nc1ccc(OCC)cc1)C(=O)OCC. The van der Waals surface area contributed by atoms with E-state index in [1.807, 2.05) is 13.8 Å². The lowest BCUT2D eigenvalue weighted by atomic mass is 10.2. The lowest BCUT2D eigenvalue weighted by Gasteiger charge is -2.05. The summed E-state index contributed by atoms with van der Waals surface area (Å²) in [6.07, 6.45) is 1.03. The Morgan fingerprint density at radius 1 is 1.14 bits per heavy atom. The van der Waals surface area contributed by atoms with Crippen LogP contribution in [0.4, 0.5) is 5.69 Å². The first-order chi connectivity index (χ1) is 10.6. The molecule has 0 amide bonds. The van der Waals surface area contributed by atoms with Crippen molar-refractivity contribution in [2.24, 2.45) is 10.2 Å². The van der Waals surface area contributed by atoms with Gasteiger partial charge in [-0.2, -0.15) is 5.11 Å². The zero-order chi connectivity index (χ0) is 16.4. The number of aliphatic hydroxyl groups is 1. The standard InChI is InChI=1S/C16H22N2O4/c1-4-7-14(19)15(16(20)22-6-3)18-17-12-8-10-13(11-9-12)21-5-2/h8-11,19H,4-7H2,1-3H3/b15-14-,18-17?. The molecular formula is C16H22N2O4. The van der Waals surface area contributed by atoms with Gasteiger partial charge in [-0.05, 0) is 44.5 Å². The highest BCUT2D eigenvalue weighted by Crippen LogP contribution is 2.20. The maximum atomic E-state index is 11.8. The van der Waals surface area contributed by atoms with Gasteiger partial charge in [0, 0.05) is 6.42 Å². The van der Waals surface area contributed by atoms with Gasteiger partial charge in [0.05, 0.1) is 18.9 Å². The second-order valence-corrected chi connectivity index (χ2v) is 4.39. The van der Waals surface area contributed by atoms with Crippen LogP contribution >= 0.6 is 0 Å². The number of hydrogen-bond donors (Lipinski definition) is 1. The van der Waals surface area contributed by atoms with Gasteiger partial charge in [0.2, 0.25) is 5.70 Å². The van der Waals surface area contributed by atoms with Crippen LogP contribution in [0.15, 0.2) is 46.0 Å². The van der Waals surface area contributed by atoms with E-state index < -0.39 is 5.97 Å². The number of esters is 1. The molecule has 0 atom stereocenters. The largest absolute Gasteiger partial charge is 0.510 e. The second-order valence-electron chi connectivity index (χ2n) is 4.39. The maximum Gasteiger partial charge on any atom is 0.362 e. The van der Waals surface area contributed by atoms with Crippen molar-refractivity contribution in [3.05, 3.63) is 35.7 Å². The molecule has 0 spiro atoms. The normalized spacial score (nSPS) is 12.1. The molecule has 1 aromatic carbocycles. The van der Waals surface area contributed by atoms with Gasteiger partial charge in [-0.25, -0.2) is 4.79 Å². The number of aliphatic hydroxyl groups excluding tert-OH is 1. The number of azo groups is 1. The van der Waals surface area contributed by atoms with Gasteiger partial charge in [-0.15, -0.1) is 5.11 Å². The zero-order valence-corrected chi connectivity index (χ0v) is 13.2. The smallest absolute Gasteiger partial charge is 0.362 e. The molecule has 0 unspecified atom stereocenters. The van der Waals surface area contributed by atoms with E-state index in [0.29, 0.717) is 25.1 Å². The van der Waals surface area contributed by atoms with Crippen molar-refractivity contribution in [2.75, 3.05) is 13.2 Å². The van der Waals surface area contributed by atoms with E-state index in [1.54, 1.807) is 31.2 Å². The summed E-state index contributed by atoms with van der Waals surface area (Å²) >= 11 is 0. The van der Waals surface area contributed by atoms with Crippen LogP contribution in [-0.2, 0) is 9.53 Å². The molecule has 0 saturated heterocycles. The summed E-state index contributed by atoms with van der Waals surface area (Å²) in [7, 11) is 0. The summed E-state index contributed by atoms with van der Waals surface area (Å²) in [5.41, 5.74) is 0.395. The van der Waals surface area contributed by atoms with Crippen LogP contribution in [0.3, 0.4) is 0 Å². The molecular weight excluding hydrogens is 284 g/mol. The Morgan fingerprint density at radius 2 is 1.82 bits per heavy atom. The molecule has 1 aromatic rings. The molecule has 6 nitrogen and oxygen atoms in total. The minimum Gasteiger partial charge on any atom is -0.510 e. The van der Waals surface area contributed by atoms with Crippen molar-refractivity contribution in [3.8, 4) is 5.75 Å². The van der Waals surface area contributed by atoms with Crippen LogP contribution in [0.25, 0.3) is 0 Å². The van der Waals surface area contributed by atoms with Gasteiger partial charge in [-0.1, -0.05) is 6.92 Å². The molecule has 0 radical (unpaired) electrons. The molecule has 0 bridgehead atoms. The van der Waals surface area contributed by atoms with Gasteiger partial charge >= 0.3 is 5.97 Å². The summed E-state index contributed by atoms with van der Waals surface area (Å²) in [4.78, 5) is 11.8. The summed E-state index contributed by atoms with van der Waals surface area (Å²) < 4.78 is 10.2. The molecule has 0 aliphatic carbocycles. The summed E-state index contributed by atoms with van der Waals surface area (Å²) in [5.74, 6) is -0.0600. The van der Waals surface area contributed by atoms with Crippen LogP contribution in [0.1, 0.15) is 33.6 Å². The topological polar surface area (TPSA) is 80.5 Å². The summed E-state index contributed by atoms with van der Waals surface area (Å²) in [6.45, 7) is 6.28. The van der Waals surface area contributed by atoms with Crippen LogP contribution < -0.4 is 4.74 Å². The Morgan fingerprint density at radius 3 is 2.36 bits per heavy atom. The first kappa shape index (κ1) is 17.7. The molecule has 0 aliphatic heterocycles. The monoisotopic (exact) mass is 306 g/mol. The Bertz CT molecular complexity index is 536. The van der Waals surface area contributed by atoms with E-state index in [1.165, 1.54) is 0 Å². The number of carbonyl (C=O) groups excluding carboxylic acids is 1. The number of benzene rings is 1. The van der Waals surface area contributed by atoms with E-state index >= 15 is 0 Å². The lowest BCUT2D eigenvalue weighted by Crippen LogP contribution is -2.08. The molecule has 1 rings (SSSR count). The van der Waals surface area contributed by atoms with Crippen molar-refractivity contribution >= 4 is 11.7 Å². The summed E-state index contributed by atoms with van der Waals surface area (Å²) in [5, 5.41) is 17.7. The second kappa shape index (κ2) is 9.55. The van der Waals surface area contributed by atoms with Gasteiger partial charge < -0.3 is 14.6 Å². The quantitative estimate of drug-likeness (QED) is 0.336. The van der Waals surface area contributed by atoms with E-state index in [4.69, 9.17) is 9.47 Å². The first-order valence-corrected chi connectivity index (χ1v) is 7.36. The Labute approximate surface area is 130 Å². The van der Waals surface area contributed by atoms with E-state index in [9.17, 15) is 9.90 Å². The van der Waals surface area contributed by atoms with Gasteiger partial charge in [0.25, 0.3) is 0 Å². The predicted octanol–water partition coefficient (Wildman–Crippen LogP) is 4.30. The third-order valence-electron chi connectivity index (χ3n) is 2.64. The molecule has 0 saturated carbocycles. The van der Waals surface area contributed by atoms with Crippen LogP contribution in [0.2, 0.25) is 0 Å². The van der Waals surface area contributed by atoms with Crippen molar-refractivity contribution in [1.29, 1.82) is 0 Å². The van der Waals surface area contributed by atoms with Gasteiger partial charge in [-0.3, -0.25) is 0 Å². The molecule has 0 aliphatic rings. The molecule has 1 N–H and O–H groups in total. The highest BCUT2D eigenvalue weighted by Gasteiger charge is 2.16. The van der Waals surface area contributed by atoms with Crippen LogP contribution in [0.5, 0.6) is 5.75 Å². The first-order valence-electron chi connectivity index (χ1n) is 7.36.